The molecule has 1 aliphatic rings. The molecule has 2 aromatic heterocycles. The third kappa shape index (κ3) is 4.59. The molecule has 0 spiro atoms. The van der Waals surface area contributed by atoms with Gasteiger partial charge in [0.25, 0.3) is 5.56 Å². The standard InChI is InChI=1S/C25H24ClN3OS/c26-20-12-10-19(11-13-20)16-28(15-18-6-2-1-3-7-18)17-21-14-24(30)29-22-8-4-5-9-23(22)31-25(29)27-21/h1-3,6-7,10-14H,4-5,8-9,15-17H2. The molecule has 0 fully saturated rings. The summed E-state index contributed by atoms with van der Waals surface area (Å²) < 4.78 is 1.84. The monoisotopic (exact) mass is 449 g/mol. The second-order valence-electron chi connectivity index (χ2n) is 8.14. The largest absolute Gasteiger partial charge is 0.289 e. The molecular weight excluding hydrogens is 426 g/mol. The van der Waals surface area contributed by atoms with Crippen molar-refractivity contribution in [3.63, 3.8) is 0 Å². The van der Waals surface area contributed by atoms with Gasteiger partial charge in [0.05, 0.1) is 5.69 Å². The Hall–Kier alpha value is -2.47. The van der Waals surface area contributed by atoms with Crippen LogP contribution in [-0.4, -0.2) is 14.3 Å². The van der Waals surface area contributed by atoms with E-state index in [4.69, 9.17) is 16.6 Å². The molecule has 0 bridgehead atoms. The highest BCUT2D eigenvalue weighted by molar-refractivity contribution is 7.17. The third-order valence-electron chi connectivity index (χ3n) is 5.77. The summed E-state index contributed by atoms with van der Waals surface area (Å²) in [5, 5.41) is 0.736. The summed E-state index contributed by atoms with van der Waals surface area (Å²) >= 11 is 7.75. The lowest BCUT2D eigenvalue weighted by Crippen LogP contribution is -2.25. The molecule has 6 heteroatoms. The average molecular weight is 450 g/mol. The van der Waals surface area contributed by atoms with Crippen molar-refractivity contribution in [3.8, 4) is 0 Å². The highest BCUT2D eigenvalue weighted by Crippen LogP contribution is 2.28. The molecule has 2 aromatic carbocycles. The fraction of sp³-hybridized carbons (Fsp3) is 0.280. The summed E-state index contributed by atoms with van der Waals surface area (Å²) in [5.41, 5.74) is 4.47. The number of nitrogens with zero attached hydrogens (tertiary/aromatic N) is 3. The van der Waals surface area contributed by atoms with Gasteiger partial charge in [-0.1, -0.05) is 54.1 Å². The summed E-state index contributed by atoms with van der Waals surface area (Å²) in [6.45, 7) is 2.16. The van der Waals surface area contributed by atoms with Crippen molar-refractivity contribution in [2.24, 2.45) is 0 Å². The summed E-state index contributed by atoms with van der Waals surface area (Å²) in [6, 6.07) is 20.1. The van der Waals surface area contributed by atoms with E-state index in [1.807, 2.05) is 22.6 Å². The van der Waals surface area contributed by atoms with Gasteiger partial charge in [0.15, 0.2) is 4.96 Å². The van der Waals surface area contributed by atoms with Crippen LogP contribution in [0, 0.1) is 0 Å². The maximum atomic E-state index is 13.0. The number of rotatable bonds is 6. The molecule has 4 aromatic rings. The van der Waals surface area contributed by atoms with E-state index in [1.54, 1.807) is 17.4 Å². The first-order valence-corrected chi connectivity index (χ1v) is 11.9. The Bertz CT molecular complexity index is 1250. The zero-order chi connectivity index (χ0) is 21.2. The molecule has 0 saturated carbocycles. The van der Waals surface area contributed by atoms with Crippen LogP contribution in [-0.2, 0) is 32.5 Å². The van der Waals surface area contributed by atoms with E-state index in [0.29, 0.717) is 6.54 Å². The number of hydrogen-bond acceptors (Lipinski definition) is 4. The Balaban J connectivity index is 1.45. The van der Waals surface area contributed by atoms with E-state index in [1.165, 1.54) is 28.1 Å². The van der Waals surface area contributed by atoms with Crippen LogP contribution >= 0.6 is 22.9 Å². The first-order chi connectivity index (χ1) is 15.2. The van der Waals surface area contributed by atoms with Crippen molar-refractivity contribution in [3.05, 3.63) is 103 Å². The normalized spacial score (nSPS) is 13.6. The molecule has 31 heavy (non-hydrogen) atoms. The van der Waals surface area contributed by atoms with Crippen LogP contribution in [0.25, 0.3) is 4.96 Å². The summed E-state index contributed by atoms with van der Waals surface area (Å²) in [5.74, 6) is 0. The fourth-order valence-corrected chi connectivity index (χ4v) is 5.67. The van der Waals surface area contributed by atoms with Crippen molar-refractivity contribution >= 4 is 27.9 Å². The van der Waals surface area contributed by atoms with Crippen LogP contribution in [0.4, 0.5) is 0 Å². The minimum Gasteiger partial charge on any atom is -0.289 e. The maximum Gasteiger partial charge on any atom is 0.259 e. The molecule has 1 aliphatic carbocycles. The van der Waals surface area contributed by atoms with Crippen molar-refractivity contribution in [1.82, 2.24) is 14.3 Å². The SMILES string of the molecule is O=c1cc(CN(Cc2ccccc2)Cc2ccc(Cl)cc2)nc2sc3c(n12)CCCC3. The van der Waals surface area contributed by atoms with Crippen LogP contribution in [0.15, 0.2) is 65.5 Å². The van der Waals surface area contributed by atoms with Gasteiger partial charge in [0, 0.05) is 41.3 Å². The smallest absolute Gasteiger partial charge is 0.259 e. The minimum absolute atomic E-state index is 0.0468. The Labute approximate surface area is 190 Å². The van der Waals surface area contributed by atoms with Gasteiger partial charge in [0.1, 0.15) is 0 Å². The zero-order valence-corrected chi connectivity index (χ0v) is 18.8. The lowest BCUT2D eigenvalue weighted by atomic mass is 10.0. The zero-order valence-electron chi connectivity index (χ0n) is 17.3. The van der Waals surface area contributed by atoms with Gasteiger partial charge in [0.2, 0.25) is 0 Å². The first-order valence-electron chi connectivity index (χ1n) is 10.7. The number of aryl methyl sites for hydroxylation is 2. The van der Waals surface area contributed by atoms with Crippen molar-refractivity contribution in [2.75, 3.05) is 0 Å². The molecule has 0 unspecified atom stereocenters. The second kappa shape index (κ2) is 8.95. The van der Waals surface area contributed by atoms with Crippen LogP contribution < -0.4 is 5.56 Å². The number of halogens is 1. The van der Waals surface area contributed by atoms with E-state index >= 15 is 0 Å². The molecule has 2 heterocycles. The Morgan fingerprint density at radius 1 is 0.935 bits per heavy atom. The summed E-state index contributed by atoms with van der Waals surface area (Å²) in [7, 11) is 0. The van der Waals surface area contributed by atoms with E-state index in [2.05, 4.69) is 41.3 Å². The molecular formula is C25H24ClN3OS. The average Bonchev–Trinajstić information content (AvgIpc) is 3.15. The predicted octanol–water partition coefficient (Wildman–Crippen LogP) is 5.49. The molecule has 0 radical (unpaired) electrons. The highest BCUT2D eigenvalue weighted by Gasteiger charge is 2.19. The predicted molar refractivity (Wildman–Crippen MR) is 127 cm³/mol. The van der Waals surface area contributed by atoms with Crippen molar-refractivity contribution in [1.29, 1.82) is 0 Å². The first kappa shape index (κ1) is 20.4. The maximum absolute atomic E-state index is 13.0. The Morgan fingerprint density at radius 3 is 2.42 bits per heavy atom. The Kier molecular flexibility index (Phi) is 5.90. The van der Waals surface area contributed by atoms with E-state index in [0.717, 1.165) is 48.0 Å². The third-order valence-corrected chi connectivity index (χ3v) is 7.16. The van der Waals surface area contributed by atoms with Crippen LogP contribution in [0.1, 0.15) is 40.2 Å². The molecule has 158 valence electrons. The van der Waals surface area contributed by atoms with Gasteiger partial charge >= 0.3 is 0 Å². The second-order valence-corrected chi connectivity index (χ2v) is 9.64. The van der Waals surface area contributed by atoms with Gasteiger partial charge < -0.3 is 0 Å². The lowest BCUT2D eigenvalue weighted by molar-refractivity contribution is 0.244. The van der Waals surface area contributed by atoms with Gasteiger partial charge in [-0.3, -0.25) is 14.1 Å². The number of fused-ring (bicyclic) bond motifs is 3. The van der Waals surface area contributed by atoms with Crippen LogP contribution in [0.2, 0.25) is 5.02 Å². The number of hydrogen-bond donors (Lipinski definition) is 0. The van der Waals surface area contributed by atoms with Crippen LogP contribution in [0.5, 0.6) is 0 Å². The lowest BCUT2D eigenvalue weighted by Gasteiger charge is -2.22. The van der Waals surface area contributed by atoms with Crippen molar-refractivity contribution < 1.29 is 0 Å². The van der Waals surface area contributed by atoms with E-state index in [9.17, 15) is 4.79 Å². The van der Waals surface area contributed by atoms with Gasteiger partial charge in [-0.15, -0.1) is 11.3 Å². The van der Waals surface area contributed by atoms with E-state index < -0.39 is 0 Å². The van der Waals surface area contributed by atoms with Gasteiger partial charge in [-0.05, 0) is 48.9 Å². The molecule has 5 rings (SSSR count). The van der Waals surface area contributed by atoms with Gasteiger partial charge in [-0.2, -0.15) is 0 Å². The minimum atomic E-state index is 0.0468. The molecule has 0 aliphatic heterocycles. The number of benzene rings is 2. The number of thiazole rings is 1. The molecule has 0 saturated heterocycles. The van der Waals surface area contributed by atoms with Crippen molar-refractivity contribution in [2.45, 2.75) is 45.3 Å². The Morgan fingerprint density at radius 2 is 1.65 bits per heavy atom. The molecule has 0 amide bonds. The number of aromatic nitrogens is 2. The van der Waals surface area contributed by atoms with E-state index in [-0.39, 0.29) is 5.56 Å². The molecule has 4 nitrogen and oxygen atoms in total. The van der Waals surface area contributed by atoms with Gasteiger partial charge in [-0.25, -0.2) is 4.98 Å². The topological polar surface area (TPSA) is 37.6 Å². The van der Waals surface area contributed by atoms with Crippen LogP contribution in [0.3, 0.4) is 0 Å². The molecule has 0 N–H and O–H groups in total. The quantitative estimate of drug-likeness (QED) is 0.390. The highest BCUT2D eigenvalue weighted by atomic mass is 35.5. The molecule has 0 atom stereocenters. The fourth-order valence-electron chi connectivity index (χ4n) is 4.31. The summed E-state index contributed by atoms with van der Waals surface area (Å²) in [6.07, 6.45) is 4.40. The summed E-state index contributed by atoms with van der Waals surface area (Å²) in [4.78, 5) is 22.3.